The quantitative estimate of drug-likeness (QED) is 0.796. The number of carbonyl (C=O) groups excluding carboxylic acids is 1. The van der Waals surface area contributed by atoms with Crippen LogP contribution in [0.5, 0.6) is 0 Å². The lowest BCUT2D eigenvalue weighted by atomic mass is 9.75. The van der Waals surface area contributed by atoms with Crippen molar-refractivity contribution < 1.29 is 9.90 Å². The Labute approximate surface area is 152 Å². The molecule has 0 spiro atoms. The van der Waals surface area contributed by atoms with Crippen molar-refractivity contribution >= 4 is 5.91 Å². The second-order valence-electron chi connectivity index (χ2n) is 7.03. The first-order valence-corrected chi connectivity index (χ1v) is 8.84. The fourth-order valence-corrected chi connectivity index (χ4v) is 3.24. The minimum Gasteiger partial charge on any atom is -0.393 e. The van der Waals surface area contributed by atoms with E-state index in [4.69, 9.17) is 0 Å². The summed E-state index contributed by atoms with van der Waals surface area (Å²) in [5.74, 6) is -0.0187. The van der Waals surface area contributed by atoms with Gasteiger partial charge in [0.2, 0.25) is 5.91 Å². The molecule has 2 N–H and O–H groups in total. The number of aliphatic hydroxyl groups is 1. The maximum absolute atomic E-state index is 12.5. The molecule has 1 aliphatic rings. The lowest BCUT2D eigenvalue weighted by Gasteiger charge is -2.38. The summed E-state index contributed by atoms with van der Waals surface area (Å²) in [7, 11) is 0. The summed E-state index contributed by atoms with van der Waals surface area (Å²) >= 11 is 0. The highest BCUT2D eigenvalue weighted by Gasteiger charge is 2.34. The van der Waals surface area contributed by atoms with Crippen LogP contribution in [-0.4, -0.2) is 37.9 Å². The minimum absolute atomic E-state index is 0.0875. The number of nitrogens with zero attached hydrogens (tertiary/aromatic N) is 3. The van der Waals surface area contributed by atoms with Gasteiger partial charge in [0.15, 0.2) is 0 Å². The molecule has 3 rings (SSSR count). The second-order valence-corrected chi connectivity index (χ2v) is 7.03. The van der Waals surface area contributed by atoms with Gasteiger partial charge >= 0.3 is 0 Å². The number of aromatic nitrogens is 3. The van der Waals surface area contributed by atoms with Crippen LogP contribution in [0, 0.1) is 19.8 Å². The zero-order valence-electron chi connectivity index (χ0n) is 15.1. The van der Waals surface area contributed by atoms with Crippen molar-refractivity contribution in [1.29, 1.82) is 0 Å². The van der Waals surface area contributed by atoms with Crippen LogP contribution in [0.15, 0.2) is 35.4 Å². The molecule has 0 saturated heterocycles. The third-order valence-electron chi connectivity index (χ3n) is 5.00. The Morgan fingerprint density at radius 1 is 1.35 bits per heavy atom. The lowest BCUT2D eigenvalue weighted by molar-refractivity contribution is -0.123. The standard InChI is InChI=1S/C19H24N4O3/c1-12-7-19(26)23(22-13(12)2)11-18(25)21-17(15-9-16(24)10-15)8-14-3-5-20-6-4-14/h3-7,15-17,24H,8-11H2,1-2H3,(H,21,25)/t15?,16?,17-/m1/s1. The first kappa shape index (κ1) is 18.3. The topological polar surface area (TPSA) is 97.1 Å². The minimum atomic E-state index is -0.291. The number of rotatable bonds is 6. The maximum atomic E-state index is 12.5. The van der Waals surface area contributed by atoms with E-state index in [1.54, 1.807) is 12.4 Å². The molecule has 26 heavy (non-hydrogen) atoms. The van der Waals surface area contributed by atoms with Gasteiger partial charge in [-0.1, -0.05) is 0 Å². The van der Waals surface area contributed by atoms with Crippen molar-refractivity contribution in [3.63, 3.8) is 0 Å². The highest BCUT2D eigenvalue weighted by Crippen LogP contribution is 2.31. The van der Waals surface area contributed by atoms with Gasteiger partial charge in [0.1, 0.15) is 6.54 Å². The summed E-state index contributed by atoms with van der Waals surface area (Å²) in [6.07, 6.45) is 5.18. The number of hydrogen-bond acceptors (Lipinski definition) is 5. The summed E-state index contributed by atoms with van der Waals surface area (Å²) in [6, 6.07) is 5.25. The largest absolute Gasteiger partial charge is 0.393 e. The van der Waals surface area contributed by atoms with Gasteiger partial charge in [0.05, 0.1) is 11.8 Å². The van der Waals surface area contributed by atoms with E-state index in [1.807, 2.05) is 26.0 Å². The van der Waals surface area contributed by atoms with E-state index in [-0.39, 0.29) is 36.1 Å². The van der Waals surface area contributed by atoms with Crippen LogP contribution in [0.25, 0.3) is 0 Å². The normalized spacial score (nSPS) is 20.3. The molecule has 138 valence electrons. The fourth-order valence-electron chi connectivity index (χ4n) is 3.24. The molecule has 0 radical (unpaired) electrons. The Morgan fingerprint density at radius 2 is 2.04 bits per heavy atom. The van der Waals surface area contributed by atoms with E-state index < -0.39 is 0 Å². The summed E-state index contributed by atoms with van der Waals surface area (Å²) in [5, 5.41) is 16.8. The summed E-state index contributed by atoms with van der Waals surface area (Å²) < 4.78 is 1.19. The molecule has 0 aromatic carbocycles. The van der Waals surface area contributed by atoms with E-state index in [1.165, 1.54) is 10.7 Å². The predicted molar refractivity (Wildman–Crippen MR) is 96.6 cm³/mol. The van der Waals surface area contributed by atoms with Crippen LogP contribution in [0.2, 0.25) is 0 Å². The van der Waals surface area contributed by atoms with Gasteiger partial charge in [-0.3, -0.25) is 14.6 Å². The molecule has 1 aliphatic carbocycles. The van der Waals surface area contributed by atoms with Crippen molar-refractivity contribution in [2.45, 2.75) is 51.8 Å². The SMILES string of the molecule is Cc1cc(=O)n(CC(=O)N[C@H](Cc2ccncc2)C2CC(O)C2)nc1C. The van der Waals surface area contributed by atoms with E-state index >= 15 is 0 Å². The fraction of sp³-hybridized carbons (Fsp3) is 0.474. The monoisotopic (exact) mass is 356 g/mol. The van der Waals surface area contributed by atoms with Crippen molar-refractivity contribution in [3.8, 4) is 0 Å². The summed E-state index contributed by atoms with van der Waals surface area (Å²) in [4.78, 5) is 28.5. The molecule has 0 aliphatic heterocycles. The highest BCUT2D eigenvalue weighted by atomic mass is 16.3. The second kappa shape index (κ2) is 7.78. The first-order valence-electron chi connectivity index (χ1n) is 8.84. The number of aliphatic hydroxyl groups excluding tert-OH is 1. The molecule has 2 aromatic rings. The van der Waals surface area contributed by atoms with Gasteiger partial charge in [-0.05, 0) is 62.3 Å². The summed E-state index contributed by atoms with van der Waals surface area (Å²) in [5.41, 5.74) is 2.33. The number of nitrogens with one attached hydrogen (secondary N) is 1. The lowest BCUT2D eigenvalue weighted by Crippen LogP contribution is -2.49. The Morgan fingerprint density at radius 3 is 2.69 bits per heavy atom. The maximum Gasteiger partial charge on any atom is 0.267 e. The summed E-state index contributed by atoms with van der Waals surface area (Å²) in [6.45, 7) is 3.52. The van der Waals surface area contributed by atoms with E-state index in [2.05, 4.69) is 15.4 Å². The molecule has 7 heteroatoms. The van der Waals surface area contributed by atoms with Gasteiger partial charge in [0, 0.05) is 24.5 Å². The molecule has 2 heterocycles. The van der Waals surface area contributed by atoms with Gasteiger partial charge < -0.3 is 10.4 Å². The van der Waals surface area contributed by atoms with Gasteiger partial charge in [-0.2, -0.15) is 5.10 Å². The molecule has 1 atom stereocenters. The number of amides is 1. The average Bonchev–Trinajstić information content (AvgIpc) is 2.57. The number of aryl methyl sites for hydroxylation is 2. The predicted octanol–water partition coefficient (Wildman–Crippen LogP) is 0.754. The molecular formula is C19H24N4O3. The van der Waals surface area contributed by atoms with Crippen LogP contribution in [0.3, 0.4) is 0 Å². The zero-order chi connectivity index (χ0) is 18.7. The third-order valence-corrected chi connectivity index (χ3v) is 5.00. The Hall–Kier alpha value is -2.54. The molecule has 7 nitrogen and oxygen atoms in total. The van der Waals surface area contributed by atoms with Gasteiger partial charge in [-0.15, -0.1) is 0 Å². The Kier molecular flexibility index (Phi) is 5.46. The third kappa shape index (κ3) is 4.35. The van der Waals surface area contributed by atoms with Crippen LogP contribution < -0.4 is 10.9 Å². The molecule has 2 aromatic heterocycles. The Balaban J connectivity index is 1.69. The molecular weight excluding hydrogens is 332 g/mol. The van der Waals surface area contributed by atoms with Crippen molar-refractivity contribution in [1.82, 2.24) is 20.1 Å². The zero-order valence-corrected chi connectivity index (χ0v) is 15.1. The van der Waals surface area contributed by atoms with Crippen molar-refractivity contribution in [2.75, 3.05) is 0 Å². The molecule has 1 fully saturated rings. The van der Waals surface area contributed by atoms with E-state index in [9.17, 15) is 14.7 Å². The van der Waals surface area contributed by atoms with Crippen molar-refractivity contribution in [3.05, 3.63) is 57.8 Å². The van der Waals surface area contributed by atoms with Crippen molar-refractivity contribution in [2.24, 2.45) is 5.92 Å². The van der Waals surface area contributed by atoms with Gasteiger partial charge in [0.25, 0.3) is 5.56 Å². The average molecular weight is 356 g/mol. The number of carbonyl (C=O) groups is 1. The van der Waals surface area contributed by atoms with Gasteiger partial charge in [-0.25, -0.2) is 4.68 Å². The molecule has 0 bridgehead atoms. The molecule has 1 amide bonds. The first-order chi connectivity index (χ1) is 12.4. The van der Waals surface area contributed by atoms with Crippen LogP contribution in [0.1, 0.15) is 29.7 Å². The van der Waals surface area contributed by atoms with Crippen LogP contribution >= 0.6 is 0 Å². The van der Waals surface area contributed by atoms with E-state index in [0.29, 0.717) is 19.3 Å². The van der Waals surface area contributed by atoms with Crippen LogP contribution in [0.4, 0.5) is 0 Å². The highest BCUT2D eigenvalue weighted by molar-refractivity contribution is 5.76. The number of hydrogen-bond donors (Lipinski definition) is 2. The Bertz CT molecular complexity index is 828. The van der Waals surface area contributed by atoms with E-state index in [0.717, 1.165) is 16.8 Å². The molecule has 0 unspecified atom stereocenters. The molecule has 1 saturated carbocycles. The smallest absolute Gasteiger partial charge is 0.267 e. The van der Waals surface area contributed by atoms with Crippen LogP contribution in [-0.2, 0) is 17.8 Å². The number of pyridine rings is 1.